The molecule has 1 unspecified atom stereocenters. The van der Waals surface area contributed by atoms with Gasteiger partial charge in [-0.15, -0.1) is 0 Å². The summed E-state index contributed by atoms with van der Waals surface area (Å²) in [5.41, 5.74) is 12.2. The van der Waals surface area contributed by atoms with Gasteiger partial charge in [-0.25, -0.2) is 0 Å². The third-order valence-electron chi connectivity index (χ3n) is 4.79. The van der Waals surface area contributed by atoms with E-state index in [1.165, 1.54) is 22.3 Å². The molecule has 3 rings (SSSR count). The number of benzene rings is 3. The van der Waals surface area contributed by atoms with Gasteiger partial charge in [-0.2, -0.15) is 0 Å². The van der Waals surface area contributed by atoms with Gasteiger partial charge in [0.1, 0.15) is 11.9 Å². The van der Waals surface area contributed by atoms with E-state index in [0.717, 1.165) is 11.3 Å². The van der Waals surface area contributed by atoms with E-state index in [2.05, 4.69) is 61.3 Å². The zero-order chi connectivity index (χ0) is 19.9. The summed E-state index contributed by atoms with van der Waals surface area (Å²) in [6.07, 6.45) is 0.612. The Hall–Kier alpha value is -3.07. The normalized spacial score (nSPS) is 12.6. The van der Waals surface area contributed by atoms with Gasteiger partial charge in [-0.3, -0.25) is 4.99 Å². The SMILES string of the molecule is Cc1ccc(CC(N)=NCC(C)Oc2cccc(-c3ccccc3)c2)cc1C. The minimum absolute atomic E-state index is 0.0515. The van der Waals surface area contributed by atoms with Crippen LogP contribution in [0.15, 0.2) is 77.8 Å². The Labute approximate surface area is 167 Å². The lowest BCUT2D eigenvalue weighted by Crippen LogP contribution is -2.21. The molecule has 0 aliphatic rings. The average molecular weight is 373 g/mol. The summed E-state index contributed by atoms with van der Waals surface area (Å²) in [5, 5.41) is 0. The topological polar surface area (TPSA) is 47.6 Å². The first-order chi connectivity index (χ1) is 13.5. The lowest BCUT2D eigenvalue weighted by Gasteiger charge is -2.14. The average Bonchev–Trinajstić information content (AvgIpc) is 2.70. The molecule has 3 aromatic rings. The Morgan fingerprint density at radius 1 is 0.893 bits per heavy atom. The maximum absolute atomic E-state index is 6.13. The van der Waals surface area contributed by atoms with E-state index < -0.39 is 0 Å². The van der Waals surface area contributed by atoms with Gasteiger partial charge < -0.3 is 10.5 Å². The molecule has 0 aromatic heterocycles. The fourth-order valence-electron chi connectivity index (χ4n) is 3.07. The second kappa shape index (κ2) is 9.23. The molecule has 3 aromatic carbocycles. The molecule has 3 heteroatoms. The molecule has 0 heterocycles. The second-order valence-corrected chi connectivity index (χ2v) is 7.25. The van der Waals surface area contributed by atoms with Crippen molar-refractivity contribution in [2.45, 2.75) is 33.3 Å². The molecule has 0 saturated heterocycles. The fraction of sp³-hybridized carbons (Fsp3) is 0.240. The molecule has 1 atom stereocenters. The molecular formula is C25H28N2O. The van der Waals surface area contributed by atoms with Gasteiger partial charge in [0.2, 0.25) is 0 Å². The molecule has 0 radical (unpaired) electrons. The second-order valence-electron chi connectivity index (χ2n) is 7.25. The fourth-order valence-corrected chi connectivity index (χ4v) is 3.07. The monoisotopic (exact) mass is 372 g/mol. The molecule has 144 valence electrons. The quantitative estimate of drug-likeness (QED) is 0.450. The predicted octanol–water partition coefficient (Wildman–Crippen LogP) is 5.34. The van der Waals surface area contributed by atoms with Crippen LogP contribution in [0.2, 0.25) is 0 Å². The van der Waals surface area contributed by atoms with Crippen LogP contribution in [-0.4, -0.2) is 18.5 Å². The first-order valence-electron chi connectivity index (χ1n) is 9.68. The summed E-state index contributed by atoms with van der Waals surface area (Å²) in [6.45, 7) is 6.78. The van der Waals surface area contributed by atoms with E-state index in [-0.39, 0.29) is 6.10 Å². The number of hydrogen-bond acceptors (Lipinski definition) is 2. The van der Waals surface area contributed by atoms with Crippen molar-refractivity contribution in [2.75, 3.05) is 6.54 Å². The molecule has 0 aliphatic carbocycles. The van der Waals surface area contributed by atoms with E-state index in [9.17, 15) is 0 Å². The van der Waals surface area contributed by atoms with Crippen molar-refractivity contribution in [2.24, 2.45) is 10.7 Å². The van der Waals surface area contributed by atoms with Crippen molar-refractivity contribution in [1.82, 2.24) is 0 Å². The molecule has 3 nitrogen and oxygen atoms in total. The number of nitrogens with two attached hydrogens (primary N) is 1. The molecule has 0 spiro atoms. The minimum atomic E-state index is -0.0515. The Morgan fingerprint density at radius 2 is 1.64 bits per heavy atom. The van der Waals surface area contributed by atoms with Crippen LogP contribution in [0.3, 0.4) is 0 Å². The summed E-state index contributed by atoms with van der Waals surface area (Å²) in [6, 6.07) is 24.9. The van der Waals surface area contributed by atoms with Crippen molar-refractivity contribution in [3.8, 4) is 16.9 Å². The number of nitrogens with zero attached hydrogens (tertiary/aromatic N) is 1. The van der Waals surface area contributed by atoms with Crippen LogP contribution in [0.1, 0.15) is 23.6 Å². The maximum atomic E-state index is 6.13. The number of amidine groups is 1. The summed E-state index contributed by atoms with van der Waals surface area (Å²) in [5.74, 6) is 1.48. The van der Waals surface area contributed by atoms with Crippen molar-refractivity contribution in [3.63, 3.8) is 0 Å². The van der Waals surface area contributed by atoms with Gasteiger partial charge in [-0.1, -0.05) is 60.7 Å². The zero-order valence-electron chi connectivity index (χ0n) is 16.9. The minimum Gasteiger partial charge on any atom is -0.489 e. The molecule has 0 saturated carbocycles. The molecule has 0 amide bonds. The third kappa shape index (κ3) is 5.46. The maximum Gasteiger partial charge on any atom is 0.120 e. The molecule has 0 aliphatic heterocycles. The smallest absolute Gasteiger partial charge is 0.120 e. The van der Waals surface area contributed by atoms with Crippen LogP contribution in [0.25, 0.3) is 11.1 Å². The molecule has 28 heavy (non-hydrogen) atoms. The van der Waals surface area contributed by atoms with Crippen LogP contribution < -0.4 is 10.5 Å². The highest BCUT2D eigenvalue weighted by molar-refractivity contribution is 5.82. The van der Waals surface area contributed by atoms with Gasteiger partial charge in [0.25, 0.3) is 0 Å². The summed E-state index contributed by atoms with van der Waals surface area (Å²) < 4.78 is 6.05. The Bertz CT molecular complexity index is 948. The van der Waals surface area contributed by atoms with Crippen LogP contribution >= 0.6 is 0 Å². The first kappa shape index (κ1) is 19.7. The van der Waals surface area contributed by atoms with Crippen LogP contribution in [0.5, 0.6) is 5.75 Å². The van der Waals surface area contributed by atoms with Gasteiger partial charge in [-0.05, 0) is 60.7 Å². The summed E-state index contributed by atoms with van der Waals surface area (Å²) in [7, 11) is 0. The van der Waals surface area contributed by atoms with Crippen LogP contribution in [0, 0.1) is 13.8 Å². The van der Waals surface area contributed by atoms with E-state index in [4.69, 9.17) is 10.5 Å². The highest BCUT2D eigenvalue weighted by Crippen LogP contribution is 2.24. The molecular weight excluding hydrogens is 344 g/mol. The van der Waals surface area contributed by atoms with Crippen molar-refractivity contribution < 1.29 is 4.74 Å². The van der Waals surface area contributed by atoms with Gasteiger partial charge in [0.15, 0.2) is 0 Å². The standard InChI is InChI=1S/C25H28N2O/c1-18-12-13-21(14-19(18)2)15-25(26)27-17-20(3)28-24-11-7-10-23(16-24)22-8-5-4-6-9-22/h4-14,16,20H,15,17H2,1-3H3,(H2,26,27). The van der Waals surface area contributed by atoms with Gasteiger partial charge in [0.05, 0.1) is 12.4 Å². The van der Waals surface area contributed by atoms with Gasteiger partial charge >= 0.3 is 0 Å². The highest BCUT2D eigenvalue weighted by atomic mass is 16.5. The largest absolute Gasteiger partial charge is 0.489 e. The van der Waals surface area contributed by atoms with E-state index >= 15 is 0 Å². The summed E-state index contributed by atoms with van der Waals surface area (Å²) in [4.78, 5) is 4.52. The predicted molar refractivity (Wildman–Crippen MR) is 118 cm³/mol. The first-order valence-corrected chi connectivity index (χ1v) is 9.68. The highest BCUT2D eigenvalue weighted by Gasteiger charge is 2.06. The number of hydrogen-bond donors (Lipinski definition) is 1. The van der Waals surface area contributed by atoms with Crippen molar-refractivity contribution >= 4 is 5.84 Å². The Kier molecular flexibility index (Phi) is 6.49. The Balaban J connectivity index is 1.58. The van der Waals surface area contributed by atoms with Crippen LogP contribution in [-0.2, 0) is 6.42 Å². The van der Waals surface area contributed by atoms with E-state index in [1.807, 2.05) is 37.3 Å². The zero-order valence-corrected chi connectivity index (χ0v) is 16.9. The van der Waals surface area contributed by atoms with E-state index in [1.54, 1.807) is 0 Å². The van der Waals surface area contributed by atoms with Gasteiger partial charge in [0, 0.05) is 6.42 Å². The van der Waals surface area contributed by atoms with E-state index in [0.29, 0.717) is 18.8 Å². The van der Waals surface area contributed by atoms with Crippen molar-refractivity contribution in [1.29, 1.82) is 0 Å². The number of aryl methyl sites for hydroxylation is 2. The summed E-state index contributed by atoms with van der Waals surface area (Å²) >= 11 is 0. The number of ether oxygens (including phenoxy) is 1. The molecule has 0 bridgehead atoms. The molecule has 0 fully saturated rings. The molecule has 2 N–H and O–H groups in total. The Morgan fingerprint density at radius 3 is 2.39 bits per heavy atom. The lowest BCUT2D eigenvalue weighted by atomic mass is 10.0. The van der Waals surface area contributed by atoms with Crippen LogP contribution in [0.4, 0.5) is 0 Å². The number of rotatable bonds is 7. The third-order valence-corrected chi connectivity index (χ3v) is 4.79. The van der Waals surface area contributed by atoms with Crippen molar-refractivity contribution in [3.05, 3.63) is 89.5 Å². The number of aliphatic imine (C=N–C) groups is 1. The lowest BCUT2D eigenvalue weighted by molar-refractivity contribution is 0.230.